The second-order valence-electron chi connectivity index (χ2n) is 10.3. The number of nitrogens with two attached hydrogens (primary N) is 2. The fourth-order valence-corrected chi connectivity index (χ4v) is 7.27. The first kappa shape index (κ1) is 31.0. The lowest BCUT2D eigenvalue weighted by molar-refractivity contribution is -0.0672. The van der Waals surface area contributed by atoms with Crippen LogP contribution in [0.3, 0.4) is 0 Å². The van der Waals surface area contributed by atoms with Crippen molar-refractivity contribution in [2.45, 2.75) is 49.1 Å². The number of phosphoric ester groups is 2. The molecular weight excluding hydrogens is 666 g/mol. The highest BCUT2D eigenvalue weighted by atomic mass is 31.2. The summed E-state index contributed by atoms with van der Waals surface area (Å²) in [6.45, 7) is -1.74. The molecule has 3 aliphatic heterocycles. The van der Waals surface area contributed by atoms with Gasteiger partial charge in [0.2, 0.25) is 11.9 Å². The van der Waals surface area contributed by atoms with E-state index in [2.05, 4.69) is 29.9 Å². The van der Waals surface area contributed by atoms with Gasteiger partial charge in [-0.05, 0) is 0 Å². The van der Waals surface area contributed by atoms with Crippen LogP contribution in [0.4, 0.5) is 11.9 Å². The molecule has 10 unspecified atom stereocenters. The van der Waals surface area contributed by atoms with Crippen LogP contribution < -0.4 is 22.6 Å². The van der Waals surface area contributed by atoms with E-state index in [1.165, 1.54) is 0 Å². The number of anilines is 2. The number of nitrogens with zero attached hydrogens (tertiary/aromatic N) is 6. The van der Waals surface area contributed by atoms with Gasteiger partial charge in [0.25, 0.3) is 11.1 Å². The molecule has 24 nitrogen and oxygen atoms in total. The zero-order valence-corrected chi connectivity index (χ0v) is 24.6. The Kier molecular flexibility index (Phi) is 7.39. The van der Waals surface area contributed by atoms with Crippen LogP contribution >= 0.6 is 15.6 Å². The minimum atomic E-state index is -5.16. The molecule has 0 saturated carbocycles. The summed E-state index contributed by atoms with van der Waals surface area (Å²) in [6.07, 6.45) is -11.0. The van der Waals surface area contributed by atoms with E-state index in [1.807, 2.05) is 0 Å². The number of aromatic nitrogens is 8. The smallest absolute Gasteiger partial charge is 0.387 e. The molecule has 3 aliphatic rings. The molecule has 26 heteroatoms. The van der Waals surface area contributed by atoms with Crippen molar-refractivity contribution < 1.29 is 56.7 Å². The number of hydrogen-bond donors (Lipinski definition) is 8. The monoisotopic (exact) mass is 690 g/mol. The van der Waals surface area contributed by atoms with E-state index in [-0.39, 0.29) is 34.2 Å². The highest BCUT2D eigenvalue weighted by molar-refractivity contribution is 7.47. The van der Waals surface area contributed by atoms with E-state index in [0.717, 1.165) is 21.8 Å². The third-order valence-corrected chi connectivity index (χ3v) is 9.36. The van der Waals surface area contributed by atoms with Crippen molar-refractivity contribution in [3.63, 3.8) is 0 Å². The number of imidazole rings is 2. The second-order valence-corrected chi connectivity index (χ2v) is 13.1. The summed E-state index contributed by atoms with van der Waals surface area (Å²) < 4.78 is 60.7. The topological polar surface area (TPSA) is 350 Å². The van der Waals surface area contributed by atoms with E-state index in [9.17, 15) is 38.7 Å². The molecule has 10 N–H and O–H groups in total. The van der Waals surface area contributed by atoms with Crippen LogP contribution in [0, 0.1) is 0 Å². The summed E-state index contributed by atoms with van der Waals surface area (Å²) in [5, 5.41) is 22.1. The summed E-state index contributed by atoms with van der Waals surface area (Å²) >= 11 is 0. The Morgan fingerprint density at radius 2 is 1.24 bits per heavy atom. The Labute approximate surface area is 253 Å². The molecule has 4 aromatic rings. The van der Waals surface area contributed by atoms with Gasteiger partial charge in [0.15, 0.2) is 34.8 Å². The Balaban J connectivity index is 1.21. The number of phosphoric acid groups is 2. The van der Waals surface area contributed by atoms with Crippen LogP contribution in [-0.2, 0) is 36.7 Å². The van der Waals surface area contributed by atoms with Crippen molar-refractivity contribution in [1.82, 2.24) is 39.0 Å². The fourth-order valence-electron chi connectivity index (χ4n) is 5.37. The first-order chi connectivity index (χ1) is 21.7. The molecule has 248 valence electrons. The van der Waals surface area contributed by atoms with Crippen molar-refractivity contribution in [1.29, 1.82) is 0 Å². The van der Waals surface area contributed by atoms with Crippen LogP contribution in [0.2, 0.25) is 0 Å². The molecule has 7 heterocycles. The first-order valence-corrected chi connectivity index (χ1v) is 16.1. The Morgan fingerprint density at radius 3 is 1.80 bits per heavy atom. The summed E-state index contributed by atoms with van der Waals surface area (Å²) in [7, 11) is -10.3. The van der Waals surface area contributed by atoms with E-state index >= 15 is 0 Å². The van der Waals surface area contributed by atoms with Crippen molar-refractivity contribution in [3.05, 3.63) is 33.4 Å². The van der Waals surface area contributed by atoms with Gasteiger partial charge in [-0.3, -0.25) is 46.8 Å². The molecule has 2 bridgehead atoms. The molecule has 7 rings (SSSR count). The maximum Gasteiger partial charge on any atom is 0.472 e. The number of fused-ring (bicyclic) bond motifs is 5. The highest BCUT2D eigenvalue weighted by Crippen LogP contribution is 2.53. The third-order valence-electron chi connectivity index (χ3n) is 7.39. The average molecular weight is 690 g/mol. The second kappa shape index (κ2) is 11.0. The summed E-state index contributed by atoms with van der Waals surface area (Å²) in [5.74, 6) is -0.583. The van der Waals surface area contributed by atoms with Gasteiger partial charge in [-0.2, -0.15) is 9.97 Å². The number of hydrogen-bond acceptors (Lipinski definition) is 18. The molecule has 3 fully saturated rings. The quantitative estimate of drug-likeness (QED) is 0.0968. The number of ether oxygens (including phenoxy) is 2. The number of nitrogen functional groups attached to an aromatic ring is 2. The predicted octanol–water partition coefficient (Wildman–Crippen LogP) is -3.05. The Bertz CT molecular complexity index is 2050. The molecule has 0 radical (unpaired) electrons. The summed E-state index contributed by atoms with van der Waals surface area (Å²) in [6, 6.07) is 0. The van der Waals surface area contributed by atoms with Gasteiger partial charge in [0, 0.05) is 0 Å². The van der Waals surface area contributed by atoms with Gasteiger partial charge >= 0.3 is 15.6 Å². The van der Waals surface area contributed by atoms with E-state index in [1.54, 1.807) is 0 Å². The van der Waals surface area contributed by atoms with Crippen LogP contribution in [0.25, 0.3) is 22.3 Å². The van der Waals surface area contributed by atoms with Crippen molar-refractivity contribution >= 4 is 49.9 Å². The molecule has 0 amide bonds. The first-order valence-electron chi connectivity index (χ1n) is 13.1. The Hall–Kier alpha value is -3.64. The van der Waals surface area contributed by atoms with Crippen LogP contribution in [0.15, 0.2) is 22.2 Å². The zero-order chi connectivity index (χ0) is 32.7. The maximum atomic E-state index is 13.2. The standard InChI is InChI=1S/C20H24N10O14P2/c21-19-25-13-7(15(33)27-19)23-3-29(13)17-10(32)11-6(42-17)2-40-46(37,38)44-12-9(31)5(1-39-45(35,36)43-11)41-18(12)30-4-24-8-14(30)26-20(22)28-16(8)34/h3-6,9-12,17-18,31-32H,1-2H2,(H,35,36)(H,37,38)(H3,21,25,27,33)(H3,22,26,28,34). The lowest BCUT2D eigenvalue weighted by atomic mass is 10.1. The van der Waals surface area contributed by atoms with E-state index in [0.29, 0.717) is 0 Å². The molecule has 10 atom stereocenters. The van der Waals surface area contributed by atoms with Gasteiger partial charge in [-0.15, -0.1) is 0 Å². The predicted molar refractivity (Wildman–Crippen MR) is 146 cm³/mol. The van der Waals surface area contributed by atoms with Gasteiger partial charge < -0.3 is 40.9 Å². The van der Waals surface area contributed by atoms with Crippen molar-refractivity contribution in [3.8, 4) is 0 Å². The fraction of sp³-hybridized carbons (Fsp3) is 0.500. The van der Waals surface area contributed by atoms with Gasteiger partial charge in [-0.1, -0.05) is 0 Å². The largest absolute Gasteiger partial charge is 0.472 e. The highest BCUT2D eigenvalue weighted by Gasteiger charge is 2.54. The number of aliphatic hydroxyl groups is 2. The number of aliphatic hydroxyl groups excluding tert-OH is 2. The number of nitrogens with one attached hydrogen (secondary N) is 2. The van der Waals surface area contributed by atoms with Gasteiger partial charge in [-0.25, -0.2) is 19.1 Å². The molecule has 46 heavy (non-hydrogen) atoms. The summed E-state index contributed by atoms with van der Waals surface area (Å²) in [4.78, 5) is 66.1. The molecule has 0 aromatic carbocycles. The van der Waals surface area contributed by atoms with Crippen LogP contribution in [-0.4, -0.2) is 109 Å². The lowest BCUT2D eigenvalue weighted by Crippen LogP contribution is -2.36. The zero-order valence-electron chi connectivity index (χ0n) is 22.8. The van der Waals surface area contributed by atoms with Crippen LogP contribution in [0.5, 0.6) is 0 Å². The SMILES string of the molecule is Nc1nc2c(ncn2C2OC3COP(=O)(O)OC4C(O)C(COP(=O)(O)OC3C2O)OC4n2cnc3c(=O)[nH]c(N)nc32)c(=O)[nH]1. The maximum absolute atomic E-state index is 13.2. The molecule has 0 spiro atoms. The number of rotatable bonds is 2. The Morgan fingerprint density at radius 1 is 0.761 bits per heavy atom. The summed E-state index contributed by atoms with van der Waals surface area (Å²) in [5.41, 5.74) is 9.23. The molecular formula is C20H24N10O14P2. The van der Waals surface area contributed by atoms with E-state index < -0.39 is 89.1 Å². The average Bonchev–Trinajstić information content (AvgIpc) is 3.72. The minimum Gasteiger partial charge on any atom is -0.387 e. The van der Waals surface area contributed by atoms with Gasteiger partial charge in [0.05, 0.1) is 25.9 Å². The van der Waals surface area contributed by atoms with Crippen LogP contribution in [0.1, 0.15) is 12.5 Å². The van der Waals surface area contributed by atoms with Crippen molar-refractivity contribution in [2.75, 3.05) is 24.7 Å². The van der Waals surface area contributed by atoms with Crippen molar-refractivity contribution in [2.24, 2.45) is 0 Å². The van der Waals surface area contributed by atoms with Gasteiger partial charge in [0.1, 0.15) is 36.6 Å². The molecule has 3 saturated heterocycles. The van der Waals surface area contributed by atoms with E-state index in [4.69, 9.17) is 39.0 Å². The minimum absolute atomic E-state index is 0.126. The number of aromatic amines is 2. The normalized spacial score (nSPS) is 37.1. The lowest BCUT2D eigenvalue weighted by Gasteiger charge is -2.25. The molecule has 0 aliphatic carbocycles. The third kappa shape index (κ3) is 5.33. The number of H-pyrrole nitrogens is 2. The molecule has 4 aromatic heterocycles.